The number of rotatable bonds is 5. The SMILES string of the molecule is CC(N)CCNS(=O)(=O)c1ccc(Cl)cc1F.Cl. The maximum Gasteiger partial charge on any atom is 0.243 e. The molecule has 0 aliphatic carbocycles. The van der Waals surface area contributed by atoms with Gasteiger partial charge >= 0.3 is 0 Å². The first kappa shape index (κ1) is 17.6. The lowest BCUT2D eigenvalue weighted by molar-refractivity contribution is 0.551. The molecular weight excluding hydrogens is 302 g/mol. The van der Waals surface area contributed by atoms with Gasteiger partial charge < -0.3 is 5.73 Å². The molecule has 18 heavy (non-hydrogen) atoms. The van der Waals surface area contributed by atoms with Crippen molar-refractivity contribution in [2.75, 3.05) is 6.54 Å². The van der Waals surface area contributed by atoms with Crippen LogP contribution < -0.4 is 10.5 Å². The molecule has 0 saturated heterocycles. The van der Waals surface area contributed by atoms with Crippen molar-refractivity contribution in [3.63, 3.8) is 0 Å². The van der Waals surface area contributed by atoms with Crippen LogP contribution >= 0.6 is 24.0 Å². The number of benzene rings is 1. The molecule has 1 atom stereocenters. The van der Waals surface area contributed by atoms with E-state index in [2.05, 4.69) is 4.72 Å². The fourth-order valence-corrected chi connectivity index (χ4v) is 2.46. The van der Waals surface area contributed by atoms with Gasteiger partial charge in [0.2, 0.25) is 10.0 Å². The molecule has 0 saturated carbocycles. The molecule has 0 amide bonds. The molecular formula is C10H15Cl2FN2O2S. The molecule has 3 N–H and O–H groups in total. The van der Waals surface area contributed by atoms with E-state index in [1.807, 2.05) is 0 Å². The van der Waals surface area contributed by atoms with Crippen molar-refractivity contribution in [1.29, 1.82) is 0 Å². The van der Waals surface area contributed by atoms with Gasteiger partial charge in [-0.2, -0.15) is 0 Å². The molecule has 8 heteroatoms. The van der Waals surface area contributed by atoms with Crippen LogP contribution in [0.3, 0.4) is 0 Å². The Labute approximate surface area is 117 Å². The molecule has 0 fully saturated rings. The van der Waals surface area contributed by atoms with Crippen LogP contribution in [0.4, 0.5) is 4.39 Å². The highest BCUT2D eigenvalue weighted by atomic mass is 35.5. The number of hydrogen-bond acceptors (Lipinski definition) is 3. The van der Waals surface area contributed by atoms with Crippen molar-refractivity contribution < 1.29 is 12.8 Å². The van der Waals surface area contributed by atoms with Gasteiger partial charge in [0.05, 0.1) is 0 Å². The molecule has 0 aliphatic rings. The van der Waals surface area contributed by atoms with Gasteiger partial charge in [0.1, 0.15) is 10.7 Å². The van der Waals surface area contributed by atoms with Crippen molar-refractivity contribution in [2.45, 2.75) is 24.3 Å². The summed E-state index contributed by atoms with van der Waals surface area (Å²) >= 11 is 5.54. The van der Waals surface area contributed by atoms with Gasteiger partial charge in [-0.15, -0.1) is 12.4 Å². The summed E-state index contributed by atoms with van der Waals surface area (Å²) in [5.74, 6) is -0.870. The molecule has 0 radical (unpaired) electrons. The molecule has 0 heterocycles. The van der Waals surface area contributed by atoms with Gasteiger partial charge in [0, 0.05) is 17.6 Å². The summed E-state index contributed by atoms with van der Waals surface area (Å²) in [5, 5.41) is 0.150. The minimum atomic E-state index is -3.84. The minimum Gasteiger partial charge on any atom is -0.328 e. The molecule has 1 aromatic rings. The fourth-order valence-electron chi connectivity index (χ4n) is 1.19. The summed E-state index contributed by atoms with van der Waals surface area (Å²) in [6.07, 6.45) is 0.481. The molecule has 1 unspecified atom stereocenters. The normalized spacial score (nSPS) is 12.9. The van der Waals surface area contributed by atoms with Crippen molar-refractivity contribution >= 4 is 34.0 Å². The minimum absolute atomic E-state index is 0. The lowest BCUT2D eigenvalue weighted by Crippen LogP contribution is -2.29. The van der Waals surface area contributed by atoms with Crippen molar-refractivity contribution in [2.24, 2.45) is 5.73 Å². The second-order valence-corrected chi connectivity index (χ2v) is 5.91. The van der Waals surface area contributed by atoms with Crippen LogP contribution in [-0.4, -0.2) is 21.0 Å². The molecule has 0 aliphatic heterocycles. The molecule has 4 nitrogen and oxygen atoms in total. The van der Waals surface area contributed by atoms with Crippen LogP contribution in [0.5, 0.6) is 0 Å². The number of nitrogens with two attached hydrogens (primary N) is 1. The number of hydrogen-bond donors (Lipinski definition) is 2. The van der Waals surface area contributed by atoms with Crippen molar-refractivity contribution in [3.8, 4) is 0 Å². The quantitative estimate of drug-likeness (QED) is 0.871. The van der Waals surface area contributed by atoms with E-state index >= 15 is 0 Å². The van der Waals surface area contributed by atoms with Gasteiger partial charge in [-0.25, -0.2) is 17.5 Å². The van der Waals surface area contributed by atoms with Crippen LogP contribution in [0.15, 0.2) is 23.1 Å². The molecule has 104 valence electrons. The molecule has 1 aromatic carbocycles. The van der Waals surface area contributed by atoms with Gasteiger partial charge in [0.25, 0.3) is 0 Å². The summed E-state index contributed by atoms with van der Waals surface area (Å²) < 4.78 is 39.1. The largest absolute Gasteiger partial charge is 0.328 e. The van der Waals surface area contributed by atoms with E-state index in [0.29, 0.717) is 6.42 Å². The first-order valence-corrected chi connectivity index (χ1v) is 6.89. The second-order valence-electron chi connectivity index (χ2n) is 3.74. The van der Waals surface area contributed by atoms with Crippen LogP contribution in [0.1, 0.15) is 13.3 Å². The number of sulfonamides is 1. The van der Waals surface area contributed by atoms with E-state index < -0.39 is 20.7 Å². The van der Waals surface area contributed by atoms with E-state index in [0.717, 1.165) is 12.1 Å². The lowest BCUT2D eigenvalue weighted by atomic mass is 10.3. The predicted octanol–water partition coefficient (Wildman–Crippen LogP) is 1.92. The summed E-state index contributed by atoms with van der Waals surface area (Å²) in [6, 6.07) is 3.30. The van der Waals surface area contributed by atoms with E-state index in [1.54, 1.807) is 6.92 Å². The number of halogens is 3. The van der Waals surface area contributed by atoms with Gasteiger partial charge in [-0.1, -0.05) is 11.6 Å². The summed E-state index contributed by atoms with van der Waals surface area (Å²) in [5.41, 5.74) is 5.48. The summed E-state index contributed by atoms with van der Waals surface area (Å²) in [7, 11) is -3.84. The predicted molar refractivity (Wildman–Crippen MR) is 72.1 cm³/mol. The highest BCUT2D eigenvalue weighted by Gasteiger charge is 2.18. The maximum atomic E-state index is 13.4. The van der Waals surface area contributed by atoms with Gasteiger partial charge in [0.15, 0.2) is 0 Å². The molecule has 0 bridgehead atoms. The zero-order valence-corrected chi connectivity index (χ0v) is 12.1. The standard InChI is InChI=1S/C10H14ClFN2O2S.ClH/c1-7(13)4-5-14-17(15,16)10-3-2-8(11)6-9(10)12;/h2-3,6-7,14H,4-5,13H2,1H3;1H. The zero-order valence-electron chi connectivity index (χ0n) is 9.69. The van der Waals surface area contributed by atoms with E-state index in [4.69, 9.17) is 17.3 Å². The topological polar surface area (TPSA) is 72.2 Å². The Morgan fingerprint density at radius 3 is 2.61 bits per heavy atom. The molecule has 0 aromatic heterocycles. The van der Waals surface area contributed by atoms with Gasteiger partial charge in [-0.05, 0) is 31.5 Å². The van der Waals surface area contributed by atoms with Crippen LogP contribution in [-0.2, 0) is 10.0 Å². The third-order valence-electron chi connectivity index (χ3n) is 2.08. The van der Waals surface area contributed by atoms with E-state index in [1.165, 1.54) is 6.07 Å². The Morgan fingerprint density at radius 2 is 2.11 bits per heavy atom. The van der Waals surface area contributed by atoms with Crippen LogP contribution in [0.2, 0.25) is 5.02 Å². The Bertz CT molecular complexity index is 495. The Morgan fingerprint density at radius 1 is 1.50 bits per heavy atom. The summed E-state index contributed by atoms with van der Waals surface area (Å²) in [6.45, 7) is 1.93. The highest BCUT2D eigenvalue weighted by molar-refractivity contribution is 7.89. The van der Waals surface area contributed by atoms with Crippen molar-refractivity contribution in [1.82, 2.24) is 4.72 Å². The molecule has 0 spiro atoms. The monoisotopic (exact) mass is 316 g/mol. The third kappa shape index (κ3) is 5.07. The van der Waals surface area contributed by atoms with Crippen molar-refractivity contribution in [3.05, 3.63) is 29.0 Å². The molecule has 1 rings (SSSR count). The average molecular weight is 317 g/mol. The van der Waals surface area contributed by atoms with Crippen LogP contribution in [0, 0.1) is 5.82 Å². The maximum absolute atomic E-state index is 13.4. The second kappa shape index (κ2) is 7.25. The first-order valence-electron chi connectivity index (χ1n) is 5.03. The average Bonchev–Trinajstić information content (AvgIpc) is 2.15. The van der Waals surface area contributed by atoms with Gasteiger partial charge in [-0.3, -0.25) is 0 Å². The number of nitrogens with one attached hydrogen (secondary N) is 1. The smallest absolute Gasteiger partial charge is 0.243 e. The first-order chi connectivity index (χ1) is 7.83. The lowest BCUT2D eigenvalue weighted by Gasteiger charge is -2.09. The van der Waals surface area contributed by atoms with Crippen LogP contribution in [0.25, 0.3) is 0 Å². The fraction of sp³-hybridized carbons (Fsp3) is 0.400. The Hall–Kier alpha value is -0.400. The highest BCUT2D eigenvalue weighted by Crippen LogP contribution is 2.18. The summed E-state index contributed by atoms with van der Waals surface area (Å²) in [4.78, 5) is -0.411. The Kier molecular flexibility index (Phi) is 7.09. The van der Waals surface area contributed by atoms with E-state index in [9.17, 15) is 12.8 Å². The zero-order chi connectivity index (χ0) is 13.1. The Balaban J connectivity index is 0.00000289. The third-order valence-corrected chi connectivity index (χ3v) is 3.80. The van der Waals surface area contributed by atoms with E-state index in [-0.39, 0.29) is 30.0 Å².